The highest BCUT2D eigenvalue weighted by atomic mass is 32.2. The first-order valence-electron chi connectivity index (χ1n) is 12.1. The highest BCUT2D eigenvalue weighted by Crippen LogP contribution is 2.38. The van der Waals surface area contributed by atoms with Crippen LogP contribution < -0.4 is 9.64 Å². The first-order chi connectivity index (χ1) is 17.1. The highest BCUT2D eigenvalue weighted by Gasteiger charge is 2.29. The average Bonchev–Trinajstić information content (AvgIpc) is 3.00. The number of carbonyl (C=O) groups is 2. The van der Waals surface area contributed by atoms with E-state index in [2.05, 4.69) is 0 Å². The topological polar surface area (TPSA) is 93.2 Å². The fourth-order valence-corrected chi connectivity index (χ4v) is 6.06. The van der Waals surface area contributed by atoms with Crippen LogP contribution in [0.15, 0.2) is 47.4 Å². The minimum absolute atomic E-state index is 0.0707. The monoisotopic (exact) mass is 514 g/mol. The zero-order chi connectivity index (χ0) is 26.6. The van der Waals surface area contributed by atoms with Crippen molar-refractivity contribution in [2.45, 2.75) is 39.5 Å². The van der Waals surface area contributed by atoms with Crippen molar-refractivity contribution < 1.29 is 27.5 Å². The minimum Gasteiger partial charge on any atom is -0.495 e. The van der Waals surface area contributed by atoms with Crippen molar-refractivity contribution in [2.75, 3.05) is 38.3 Å². The van der Waals surface area contributed by atoms with E-state index in [0.717, 1.165) is 0 Å². The number of carbonyl (C=O) groups excluding carboxylic acids is 2. The summed E-state index contributed by atoms with van der Waals surface area (Å²) in [4.78, 5) is 27.0. The van der Waals surface area contributed by atoms with Gasteiger partial charge < -0.3 is 9.47 Å². The number of ether oxygens (including phenoxy) is 2. The lowest BCUT2D eigenvalue weighted by molar-refractivity contribution is -0.111. The van der Waals surface area contributed by atoms with Crippen molar-refractivity contribution in [3.8, 4) is 16.9 Å². The van der Waals surface area contributed by atoms with Gasteiger partial charge in [0.2, 0.25) is 10.0 Å². The van der Waals surface area contributed by atoms with Crippen LogP contribution in [0.25, 0.3) is 16.7 Å². The molecule has 0 unspecified atom stereocenters. The van der Waals surface area contributed by atoms with Gasteiger partial charge in [0.05, 0.1) is 19.4 Å². The average molecular weight is 515 g/mol. The van der Waals surface area contributed by atoms with E-state index in [1.165, 1.54) is 23.2 Å². The van der Waals surface area contributed by atoms with E-state index in [1.54, 1.807) is 51.1 Å². The molecule has 194 valence electrons. The van der Waals surface area contributed by atoms with Gasteiger partial charge in [0.1, 0.15) is 10.6 Å². The van der Waals surface area contributed by atoms with E-state index in [9.17, 15) is 18.0 Å². The summed E-state index contributed by atoms with van der Waals surface area (Å²) in [6, 6.07) is 10.4. The van der Waals surface area contributed by atoms with Crippen LogP contribution in [-0.4, -0.2) is 58.0 Å². The van der Waals surface area contributed by atoms with Gasteiger partial charge in [0.15, 0.2) is 5.78 Å². The number of Topliss-reactive ketones (excluding diaryl/α,β-unsaturated/α-hetero) is 1. The second kappa shape index (κ2) is 11.3. The molecule has 1 amide bonds. The van der Waals surface area contributed by atoms with Gasteiger partial charge in [-0.1, -0.05) is 45.0 Å². The molecule has 0 aliphatic carbocycles. The fraction of sp³-hybridized carbons (Fsp3) is 0.407. The van der Waals surface area contributed by atoms with Crippen LogP contribution in [0.3, 0.4) is 0 Å². The number of amides is 1. The number of allylic oxidation sites excluding steroid dienone is 1. The number of hydrogen-bond acceptors (Lipinski definition) is 6. The number of anilines is 1. The normalized spacial score (nSPS) is 15.7. The molecular weight excluding hydrogens is 480 g/mol. The molecule has 8 nitrogen and oxygen atoms in total. The van der Waals surface area contributed by atoms with Crippen LogP contribution >= 0.6 is 0 Å². The summed E-state index contributed by atoms with van der Waals surface area (Å²) in [6.07, 6.45) is 1.38. The van der Waals surface area contributed by atoms with E-state index < -0.39 is 16.1 Å². The summed E-state index contributed by atoms with van der Waals surface area (Å²) < 4.78 is 38.7. The van der Waals surface area contributed by atoms with E-state index >= 15 is 0 Å². The van der Waals surface area contributed by atoms with Crippen LogP contribution in [0.2, 0.25) is 0 Å². The van der Waals surface area contributed by atoms with E-state index in [-0.39, 0.29) is 29.0 Å². The Morgan fingerprint density at radius 1 is 1.06 bits per heavy atom. The Morgan fingerprint density at radius 2 is 1.69 bits per heavy atom. The molecule has 1 atom stereocenters. The Hall–Kier alpha value is -3.17. The summed E-state index contributed by atoms with van der Waals surface area (Å²) in [7, 11) is -2.35. The van der Waals surface area contributed by atoms with Gasteiger partial charge in [-0.25, -0.2) is 13.2 Å². The molecule has 2 aromatic carbocycles. The zero-order valence-electron chi connectivity index (χ0n) is 21.7. The van der Waals surface area contributed by atoms with Gasteiger partial charge in [-0.05, 0) is 49.1 Å². The van der Waals surface area contributed by atoms with Gasteiger partial charge in [0, 0.05) is 30.8 Å². The molecule has 0 spiro atoms. The third-order valence-corrected chi connectivity index (χ3v) is 8.26. The molecule has 0 radical (unpaired) electrons. The number of nitrogens with zero attached hydrogens (tertiary/aromatic N) is 2. The summed E-state index contributed by atoms with van der Waals surface area (Å²) in [6.45, 7) is 9.98. The van der Waals surface area contributed by atoms with Gasteiger partial charge in [0.25, 0.3) is 0 Å². The van der Waals surface area contributed by atoms with Crippen molar-refractivity contribution in [1.82, 2.24) is 4.31 Å². The van der Waals surface area contributed by atoms with Crippen LogP contribution in [0, 0.1) is 5.92 Å². The molecule has 1 aliphatic rings. The molecular formula is C27H34N2O6S. The predicted octanol–water partition coefficient (Wildman–Crippen LogP) is 4.98. The lowest BCUT2D eigenvalue weighted by Gasteiger charge is -2.25. The Balaban J connectivity index is 2.22. The number of rotatable bonds is 8. The molecule has 36 heavy (non-hydrogen) atoms. The molecule has 1 aliphatic heterocycles. The quantitative estimate of drug-likeness (QED) is 0.493. The first-order valence-corrected chi connectivity index (χ1v) is 13.5. The number of hydrogen-bond donors (Lipinski definition) is 0. The number of ketones is 1. The lowest BCUT2D eigenvalue weighted by Crippen LogP contribution is -2.34. The SMILES string of the molecule is CCOC(=O)N1C[C@H](C)C=C(C(C)=O)c2ccc(-c3ccc(OC)c(S(=O)(=O)N(CC)CC)c3)cc21. The molecule has 0 aromatic heterocycles. The molecule has 0 fully saturated rings. The lowest BCUT2D eigenvalue weighted by atomic mass is 9.95. The Labute approximate surface area is 213 Å². The molecule has 2 aromatic rings. The molecule has 1 heterocycles. The number of benzene rings is 2. The van der Waals surface area contributed by atoms with Crippen LogP contribution in [0.5, 0.6) is 5.75 Å². The van der Waals surface area contributed by atoms with Crippen LogP contribution in [0.4, 0.5) is 10.5 Å². The Kier molecular flexibility index (Phi) is 8.58. The van der Waals surface area contributed by atoms with E-state index in [1.807, 2.05) is 19.1 Å². The van der Waals surface area contributed by atoms with E-state index in [4.69, 9.17) is 9.47 Å². The smallest absolute Gasteiger partial charge is 0.414 e. The van der Waals surface area contributed by atoms with Crippen molar-refractivity contribution in [2.24, 2.45) is 5.92 Å². The third-order valence-electron chi connectivity index (χ3n) is 6.19. The third kappa shape index (κ3) is 5.32. The van der Waals surface area contributed by atoms with Gasteiger partial charge >= 0.3 is 6.09 Å². The Bertz CT molecular complexity index is 1280. The van der Waals surface area contributed by atoms with Crippen molar-refractivity contribution in [1.29, 1.82) is 0 Å². The summed E-state index contributed by atoms with van der Waals surface area (Å²) >= 11 is 0. The van der Waals surface area contributed by atoms with Gasteiger partial charge in [-0.2, -0.15) is 4.31 Å². The molecule has 0 saturated heterocycles. The number of sulfonamides is 1. The first kappa shape index (κ1) is 27.4. The second-order valence-corrected chi connectivity index (χ2v) is 10.5. The number of methoxy groups -OCH3 is 1. The fourth-order valence-electron chi connectivity index (χ4n) is 4.42. The summed E-state index contributed by atoms with van der Waals surface area (Å²) in [5.41, 5.74) is 3.04. The largest absolute Gasteiger partial charge is 0.495 e. The molecule has 0 bridgehead atoms. The second-order valence-electron chi connectivity index (χ2n) is 8.61. The predicted molar refractivity (Wildman–Crippen MR) is 141 cm³/mol. The van der Waals surface area contributed by atoms with Gasteiger partial charge in [-0.3, -0.25) is 9.69 Å². The Morgan fingerprint density at radius 3 is 2.28 bits per heavy atom. The maximum atomic E-state index is 13.3. The zero-order valence-corrected chi connectivity index (χ0v) is 22.5. The summed E-state index contributed by atoms with van der Waals surface area (Å²) in [5, 5.41) is 0. The number of fused-ring (bicyclic) bond motifs is 1. The van der Waals surface area contributed by atoms with Crippen molar-refractivity contribution >= 4 is 33.2 Å². The standard InChI is InChI=1S/C27H34N2O6S/c1-7-28(8-2)36(32,33)26-16-21(11-13-25(26)34-6)20-10-12-22-23(19(5)30)14-18(4)17-29(24(22)15-20)27(31)35-9-3/h10-16,18H,7-9,17H2,1-6H3/t18-/m1/s1. The maximum absolute atomic E-state index is 13.3. The molecule has 9 heteroatoms. The minimum atomic E-state index is -3.79. The van der Waals surface area contributed by atoms with E-state index in [0.29, 0.717) is 47.6 Å². The molecule has 3 rings (SSSR count). The van der Waals surface area contributed by atoms with Crippen LogP contribution in [-0.2, 0) is 19.6 Å². The van der Waals surface area contributed by atoms with Gasteiger partial charge in [-0.15, -0.1) is 0 Å². The van der Waals surface area contributed by atoms with Crippen LogP contribution in [0.1, 0.15) is 40.2 Å². The van der Waals surface area contributed by atoms with Crippen molar-refractivity contribution in [3.63, 3.8) is 0 Å². The van der Waals surface area contributed by atoms with Crippen molar-refractivity contribution in [3.05, 3.63) is 48.0 Å². The molecule has 0 N–H and O–H groups in total. The highest BCUT2D eigenvalue weighted by molar-refractivity contribution is 7.89. The molecule has 0 saturated carbocycles. The summed E-state index contributed by atoms with van der Waals surface area (Å²) in [5.74, 6) is 0.0822. The maximum Gasteiger partial charge on any atom is 0.414 e.